The predicted octanol–water partition coefficient (Wildman–Crippen LogP) is 3.39. The molecule has 0 amide bonds. The Balaban J connectivity index is 2.50. The van der Waals surface area contributed by atoms with Crippen LogP contribution in [0.3, 0.4) is 0 Å². The van der Waals surface area contributed by atoms with Gasteiger partial charge in [-0.25, -0.2) is 9.67 Å². The van der Waals surface area contributed by atoms with Crippen molar-refractivity contribution in [2.24, 2.45) is 0 Å². The third kappa shape index (κ3) is 2.61. The van der Waals surface area contributed by atoms with E-state index < -0.39 is 5.54 Å². The summed E-state index contributed by atoms with van der Waals surface area (Å²) in [6, 6.07) is 9.76. The third-order valence-electron chi connectivity index (χ3n) is 3.21. The van der Waals surface area contributed by atoms with E-state index in [0.717, 1.165) is 18.4 Å². The van der Waals surface area contributed by atoms with E-state index >= 15 is 0 Å². The van der Waals surface area contributed by atoms with E-state index in [4.69, 9.17) is 11.6 Å². The molecule has 0 saturated heterocycles. The normalized spacial score (nSPS) is 13.7. The van der Waals surface area contributed by atoms with E-state index in [9.17, 15) is 5.26 Å². The summed E-state index contributed by atoms with van der Waals surface area (Å²) in [5.74, 6) is 0. The molecule has 0 N–H and O–H groups in total. The van der Waals surface area contributed by atoms with E-state index in [2.05, 4.69) is 23.1 Å². The van der Waals surface area contributed by atoms with Crippen LogP contribution in [0.1, 0.15) is 31.7 Å². The first-order chi connectivity index (χ1) is 9.23. The summed E-state index contributed by atoms with van der Waals surface area (Å²) in [7, 11) is 0. The molecule has 2 aromatic rings. The molecule has 1 atom stereocenters. The van der Waals surface area contributed by atoms with Crippen molar-refractivity contribution in [3.63, 3.8) is 0 Å². The number of benzene rings is 1. The molecule has 0 aliphatic rings. The number of hydrogen-bond acceptors (Lipinski definition) is 3. The monoisotopic (exact) mass is 274 g/mol. The lowest BCUT2D eigenvalue weighted by Crippen LogP contribution is -2.34. The first-order valence-electron chi connectivity index (χ1n) is 6.25. The summed E-state index contributed by atoms with van der Waals surface area (Å²) in [6.07, 6.45) is 5.70. The zero-order chi connectivity index (χ0) is 13.7. The second-order valence-corrected chi connectivity index (χ2v) is 4.86. The number of nitrogens with zero attached hydrogens (tertiary/aromatic N) is 4. The summed E-state index contributed by atoms with van der Waals surface area (Å²) in [4.78, 5) is 3.96. The van der Waals surface area contributed by atoms with Crippen molar-refractivity contribution < 1.29 is 0 Å². The first-order valence-corrected chi connectivity index (χ1v) is 6.63. The zero-order valence-corrected chi connectivity index (χ0v) is 11.5. The van der Waals surface area contributed by atoms with E-state index in [1.54, 1.807) is 23.1 Å². The van der Waals surface area contributed by atoms with Crippen molar-refractivity contribution in [3.05, 3.63) is 47.5 Å². The van der Waals surface area contributed by atoms with Crippen LogP contribution < -0.4 is 0 Å². The van der Waals surface area contributed by atoms with E-state index in [1.807, 2.05) is 12.1 Å². The lowest BCUT2D eigenvalue weighted by Gasteiger charge is -2.27. The van der Waals surface area contributed by atoms with E-state index in [1.165, 1.54) is 6.33 Å². The van der Waals surface area contributed by atoms with Gasteiger partial charge in [0.05, 0.1) is 6.07 Å². The summed E-state index contributed by atoms with van der Waals surface area (Å²) < 4.78 is 1.63. The number of rotatable bonds is 5. The van der Waals surface area contributed by atoms with Crippen LogP contribution in [0.5, 0.6) is 0 Å². The number of hydrogen-bond donors (Lipinski definition) is 0. The second-order valence-electron chi connectivity index (χ2n) is 4.42. The average Bonchev–Trinajstić information content (AvgIpc) is 2.96. The highest BCUT2D eigenvalue weighted by Crippen LogP contribution is 2.31. The van der Waals surface area contributed by atoms with Crippen LogP contribution in [0, 0.1) is 11.3 Å². The molecular weight excluding hydrogens is 260 g/mol. The molecule has 4 nitrogen and oxygen atoms in total. The molecule has 0 bridgehead atoms. The molecule has 19 heavy (non-hydrogen) atoms. The predicted molar refractivity (Wildman–Crippen MR) is 73.7 cm³/mol. The lowest BCUT2D eigenvalue weighted by atomic mass is 9.86. The quantitative estimate of drug-likeness (QED) is 0.840. The number of nitriles is 1. The van der Waals surface area contributed by atoms with Gasteiger partial charge in [0.1, 0.15) is 12.7 Å². The van der Waals surface area contributed by atoms with Crippen LogP contribution in [-0.4, -0.2) is 14.8 Å². The molecule has 0 fully saturated rings. The van der Waals surface area contributed by atoms with Crippen molar-refractivity contribution in [2.45, 2.75) is 31.7 Å². The Morgan fingerprint density at radius 3 is 2.63 bits per heavy atom. The summed E-state index contributed by atoms with van der Waals surface area (Å²) in [5, 5.41) is 14.5. The molecule has 0 aliphatic heterocycles. The molecule has 1 heterocycles. The Bertz CT molecular complexity index is 556. The fourth-order valence-corrected chi connectivity index (χ4v) is 2.25. The Hall–Kier alpha value is -1.86. The Kier molecular flexibility index (Phi) is 4.18. The Labute approximate surface area is 117 Å². The zero-order valence-electron chi connectivity index (χ0n) is 10.8. The number of halogens is 1. The SMILES string of the molecule is CCCCC(C#N)(c1ccc(Cl)cc1)n1cncn1. The van der Waals surface area contributed by atoms with Gasteiger partial charge in [0.15, 0.2) is 5.54 Å². The summed E-state index contributed by atoms with van der Waals surface area (Å²) in [6.45, 7) is 2.10. The van der Waals surface area contributed by atoms with Gasteiger partial charge in [-0.15, -0.1) is 0 Å². The van der Waals surface area contributed by atoms with E-state index in [-0.39, 0.29) is 0 Å². The minimum Gasteiger partial charge on any atom is -0.228 e. The Morgan fingerprint density at radius 2 is 2.11 bits per heavy atom. The van der Waals surface area contributed by atoms with Crippen LogP contribution in [0.15, 0.2) is 36.9 Å². The van der Waals surface area contributed by atoms with E-state index in [0.29, 0.717) is 11.4 Å². The maximum absolute atomic E-state index is 9.73. The van der Waals surface area contributed by atoms with Crippen LogP contribution in [-0.2, 0) is 5.54 Å². The maximum Gasteiger partial charge on any atom is 0.175 e. The van der Waals surface area contributed by atoms with Gasteiger partial charge >= 0.3 is 0 Å². The fourth-order valence-electron chi connectivity index (χ4n) is 2.13. The van der Waals surface area contributed by atoms with Gasteiger partial charge in [-0.3, -0.25) is 0 Å². The van der Waals surface area contributed by atoms with Crippen molar-refractivity contribution in [1.82, 2.24) is 14.8 Å². The summed E-state index contributed by atoms with van der Waals surface area (Å²) in [5.41, 5.74) is 0.0789. The molecule has 1 unspecified atom stereocenters. The highest BCUT2D eigenvalue weighted by Gasteiger charge is 2.34. The van der Waals surface area contributed by atoms with Gasteiger partial charge in [-0.2, -0.15) is 10.4 Å². The molecule has 0 radical (unpaired) electrons. The maximum atomic E-state index is 9.73. The van der Waals surface area contributed by atoms with Gasteiger partial charge in [0.25, 0.3) is 0 Å². The molecule has 0 aliphatic carbocycles. The minimum atomic E-state index is -0.808. The van der Waals surface area contributed by atoms with Crippen molar-refractivity contribution >= 4 is 11.6 Å². The van der Waals surface area contributed by atoms with Crippen molar-refractivity contribution in [3.8, 4) is 6.07 Å². The van der Waals surface area contributed by atoms with Crippen LogP contribution >= 0.6 is 11.6 Å². The van der Waals surface area contributed by atoms with Crippen LogP contribution in [0.2, 0.25) is 5.02 Å². The number of unbranched alkanes of at least 4 members (excludes halogenated alkanes) is 1. The highest BCUT2D eigenvalue weighted by atomic mass is 35.5. The van der Waals surface area contributed by atoms with Crippen molar-refractivity contribution in [1.29, 1.82) is 5.26 Å². The fraction of sp³-hybridized carbons (Fsp3) is 0.357. The first kappa shape index (κ1) is 13.6. The standard InChI is InChI=1S/C14H15ClN4/c1-2-3-8-14(9-16,19-11-17-10-18-19)12-4-6-13(15)7-5-12/h4-7,10-11H,2-3,8H2,1H3. The Morgan fingerprint density at radius 1 is 1.37 bits per heavy atom. The average molecular weight is 275 g/mol. The van der Waals surface area contributed by atoms with Gasteiger partial charge in [0.2, 0.25) is 0 Å². The molecule has 98 valence electrons. The molecule has 1 aromatic heterocycles. The number of aromatic nitrogens is 3. The largest absolute Gasteiger partial charge is 0.228 e. The van der Waals surface area contributed by atoms with Crippen LogP contribution in [0.25, 0.3) is 0 Å². The second kappa shape index (κ2) is 5.85. The molecule has 0 saturated carbocycles. The van der Waals surface area contributed by atoms with Crippen molar-refractivity contribution in [2.75, 3.05) is 0 Å². The van der Waals surface area contributed by atoms with Gasteiger partial charge < -0.3 is 0 Å². The summed E-state index contributed by atoms with van der Waals surface area (Å²) >= 11 is 5.92. The molecule has 5 heteroatoms. The van der Waals surface area contributed by atoms with Crippen LogP contribution in [0.4, 0.5) is 0 Å². The highest BCUT2D eigenvalue weighted by molar-refractivity contribution is 6.30. The smallest absolute Gasteiger partial charge is 0.175 e. The minimum absolute atomic E-state index is 0.657. The van der Waals surface area contributed by atoms with Gasteiger partial charge in [0, 0.05) is 5.02 Å². The topological polar surface area (TPSA) is 54.5 Å². The van der Waals surface area contributed by atoms with Gasteiger partial charge in [-0.05, 0) is 30.5 Å². The van der Waals surface area contributed by atoms with Gasteiger partial charge in [-0.1, -0.05) is 37.1 Å². The molecule has 1 aromatic carbocycles. The molecule has 0 spiro atoms. The molecular formula is C14H15ClN4. The molecule has 2 rings (SSSR count). The lowest BCUT2D eigenvalue weighted by molar-refractivity contribution is 0.372. The third-order valence-corrected chi connectivity index (χ3v) is 3.46.